The number of hydrogen-bond acceptors (Lipinski definition) is 2. The van der Waals surface area contributed by atoms with Gasteiger partial charge in [-0.05, 0) is 36.7 Å². The van der Waals surface area contributed by atoms with Gasteiger partial charge in [-0.1, -0.05) is 27.2 Å². The third-order valence-electron chi connectivity index (χ3n) is 4.05. The monoisotopic (exact) mass is 249 g/mol. The summed E-state index contributed by atoms with van der Waals surface area (Å²) in [7, 11) is 0. The van der Waals surface area contributed by atoms with E-state index in [9.17, 15) is 4.79 Å². The maximum absolute atomic E-state index is 12.0. The van der Waals surface area contributed by atoms with Gasteiger partial charge in [0.15, 0.2) is 0 Å². The predicted octanol–water partition coefficient (Wildman–Crippen LogP) is 3.63. The van der Waals surface area contributed by atoms with Crippen molar-refractivity contribution in [3.63, 3.8) is 0 Å². The van der Waals surface area contributed by atoms with Crippen LogP contribution in [0.3, 0.4) is 0 Å². The Bertz CT molecular complexity index is 383. The average Bonchev–Trinajstić information content (AvgIpc) is 2.81. The quantitative estimate of drug-likeness (QED) is 0.831. The smallest absolute Gasteiger partial charge is 0.339 e. The van der Waals surface area contributed by atoms with Crippen molar-refractivity contribution >= 4 is 5.97 Å². The van der Waals surface area contributed by atoms with Crippen LogP contribution < -0.4 is 0 Å². The van der Waals surface area contributed by atoms with Gasteiger partial charge in [0.05, 0.1) is 5.56 Å². The molecule has 100 valence electrons. The molecule has 0 saturated heterocycles. The normalized spacial score (nSPS) is 28.3. The van der Waals surface area contributed by atoms with Crippen LogP contribution in [0.1, 0.15) is 50.4 Å². The molecule has 0 bridgehead atoms. The zero-order valence-electron chi connectivity index (χ0n) is 11.5. The van der Waals surface area contributed by atoms with Gasteiger partial charge in [0, 0.05) is 12.4 Å². The SMILES string of the molecule is CC(C)[C@H]1CC[C@H](C)C[C@@H]1OC(=O)c1cc[nH]c1. The zero-order valence-corrected chi connectivity index (χ0v) is 11.5. The third-order valence-corrected chi connectivity index (χ3v) is 4.05. The molecule has 1 aromatic rings. The van der Waals surface area contributed by atoms with Crippen molar-refractivity contribution in [1.29, 1.82) is 0 Å². The number of carbonyl (C=O) groups excluding carboxylic acids is 1. The van der Waals surface area contributed by atoms with E-state index in [1.807, 2.05) is 0 Å². The molecule has 3 heteroatoms. The van der Waals surface area contributed by atoms with E-state index in [2.05, 4.69) is 25.8 Å². The summed E-state index contributed by atoms with van der Waals surface area (Å²) < 4.78 is 5.72. The van der Waals surface area contributed by atoms with Crippen molar-refractivity contribution in [3.8, 4) is 0 Å². The van der Waals surface area contributed by atoms with E-state index in [0.29, 0.717) is 23.3 Å². The van der Waals surface area contributed by atoms with Crippen LogP contribution in [0.2, 0.25) is 0 Å². The number of aromatic amines is 1. The van der Waals surface area contributed by atoms with E-state index < -0.39 is 0 Å². The Morgan fingerprint density at radius 3 is 2.83 bits per heavy atom. The van der Waals surface area contributed by atoms with Crippen LogP contribution in [-0.2, 0) is 4.74 Å². The predicted molar refractivity (Wildman–Crippen MR) is 71.3 cm³/mol. The van der Waals surface area contributed by atoms with Gasteiger partial charge in [0.1, 0.15) is 6.10 Å². The summed E-state index contributed by atoms with van der Waals surface area (Å²) in [6.07, 6.45) is 6.94. The van der Waals surface area contributed by atoms with E-state index in [0.717, 1.165) is 6.42 Å². The molecule has 1 N–H and O–H groups in total. The van der Waals surface area contributed by atoms with Crippen LogP contribution >= 0.6 is 0 Å². The molecule has 0 aromatic carbocycles. The Labute approximate surface area is 109 Å². The van der Waals surface area contributed by atoms with Gasteiger partial charge < -0.3 is 9.72 Å². The lowest BCUT2D eigenvalue weighted by molar-refractivity contribution is -0.0173. The Kier molecular flexibility index (Phi) is 4.10. The van der Waals surface area contributed by atoms with Gasteiger partial charge in [0.25, 0.3) is 0 Å². The zero-order chi connectivity index (χ0) is 13.1. The number of hydrogen-bond donors (Lipinski definition) is 1. The number of esters is 1. The number of aromatic nitrogens is 1. The molecule has 1 saturated carbocycles. The lowest BCUT2D eigenvalue weighted by Gasteiger charge is -2.36. The van der Waals surface area contributed by atoms with Crippen molar-refractivity contribution in [2.75, 3.05) is 0 Å². The first kappa shape index (κ1) is 13.2. The first-order valence-electron chi connectivity index (χ1n) is 6.91. The molecule has 0 radical (unpaired) electrons. The Hall–Kier alpha value is -1.25. The molecular weight excluding hydrogens is 226 g/mol. The number of H-pyrrole nitrogens is 1. The summed E-state index contributed by atoms with van der Waals surface area (Å²) in [6.45, 7) is 6.68. The van der Waals surface area contributed by atoms with Crippen molar-refractivity contribution in [2.24, 2.45) is 17.8 Å². The van der Waals surface area contributed by atoms with Gasteiger partial charge in [-0.3, -0.25) is 0 Å². The summed E-state index contributed by atoms with van der Waals surface area (Å²) in [4.78, 5) is 14.9. The maximum atomic E-state index is 12.0. The van der Waals surface area contributed by atoms with Crippen LogP contribution in [0.15, 0.2) is 18.5 Å². The first-order valence-corrected chi connectivity index (χ1v) is 6.91. The molecule has 1 aliphatic carbocycles. The van der Waals surface area contributed by atoms with Crippen molar-refractivity contribution < 1.29 is 9.53 Å². The highest BCUT2D eigenvalue weighted by Gasteiger charge is 2.33. The summed E-state index contributed by atoms with van der Waals surface area (Å²) in [5, 5.41) is 0. The molecule has 0 unspecified atom stereocenters. The van der Waals surface area contributed by atoms with Gasteiger partial charge in [-0.2, -0.15) is 0 Å². The van der Waals surface area contributed by atoms with Crippen molar-refractivity contribution in [3.05, 3.63) is 24.0 Å². The second-order valence-corrected chi connectivity index (χ2v) is 5.87. The number of nitrogens with one attached hydrogen (secondary N) is 1. The molecule has 1 aliphatic rings. The summed E-state index contributed by atoms with van der Waals surface area (Å²) in [5.74, 6) is 1.54. The lowest BCUT2D eigenvalue weighted by Crippen LogP contribution is -2.35. The average molecular weight is 249 g/mol. The third kappa shape index (κ3) is 2.95. The molecule has 1 aromatic heterocycles. The number of ether oxygens (including phenoxy) is 1. The van der Waals surface area contributed by atoms with Gasteiger partial charge >= 0.3 is 5.97 Å². The van der Waals surface area contributed by atoms with Crippen LogP contribution in [0.5, 0.6) is 0 Å². The molecule has 1 fully saturated rings. The maximum Gasteiger partial charge on any atom is 0.339 e. The van der Waals surface area contributed by atoms with E-state index in [1.54, 1.807) is 18.5 Å². The summed E-state index contributed by atoms with van der Waals surface area (Å²) in [6, 6.07) is 1.76. The van der Waals surface area contributed by atoms with E-state index in [1.165, 1.54) is 12.8 Å². The minimum Gasteiger partial charge on any atom is -0.458 e. The largest absolute Gasteiger partial charge is 0.458 e. The van der Waals surface area contributed by atoms with Gasteiger partial charge in [0.2, 0.25) is 0 Å². The van der Waals surface area contributed by atoms with Crippen LogP contribution in [-0.4, -0.2) is 17.1 Å². The van der Waals surface area contributed by atoms with Gasteiger partial charge in [-0.25, -0.2) is 4.79 Å². The fourth-order valence-corrected chi connectivity index (χ4v) is 2.91. The molecule has 3 atom stereocenters. The minimum atomic E-state index is -0.194. The highest BCUT2D eigenvalue weighted by atomic mass is 16.5. The van der Waals surface area contributed by atoms with Crippen LogP contribution in [0, 0.1) is 17.8 Å². The molecule has 1 heterocycles. The van der Waals surface area contributed by atoms with E-state index in [4.69, 9.17) is 4.74 Å². The first-order chi connectivity index (χ1) is 8.58. The topological polar surface area (TPSA) is 42.1 Å². The second-order valence-electron chi connectivity index (χ2n) is 5.87. The Balaban J connectivity index is 2.02. The minimum absolute atomic E-state index is 0.0798. The van der Waals surface area contributed by atoms with E-state index in [-0.39, 0.29) is 12.1 Å². The fourth-order valence-electron chi connectivity index (χ4n) is 2.91. The molecule has 18 heavy (non-hydrogen) atoms. The molecular formula is C15H23NO2. The Morgan fingerprint density at radius 1 is 1.44 bits per heavy atom. The summed E-state index contributed by atoms with van der Waals surface area (Å²) >= 11 is 0. The lowest BCUT2D eigenvalue weighted by atomic mass is 9.75. The number of rotatable bonds is 3. The molecule has 2 rings (SSSR count). The molecule has 0 amide bonds. The summed E-state index contributed by atoms with van der Waals surface area (Å²) in [5.41, 5.74) is 0.621. The van der Waals surface area contributed by atoms with Crippen LogP contribution in [0.4, 0.5) is 0 Å². The highest BCUT2D eigenvalue weighted by molar-refractivity contribution is 5.89. The van der Waals surface area contributed by atoms with Crippen LogP contribution in [0.25, 0.3) is 0 Å². The molecule has 3 nitrogen and oxygen atoms in total. The Morgan fingerprint density at radius 2 is 2.22 bits per heavy atom. The highest BCUT2D eigenvalue weighted by Crippen LogP contribution is 2.35. The standard InChI is InChI=1S/C15H23NO2/c1-10(2)13-5-4-11(3)8-14(13)18-15(17)12-6-7-16-9-12/h6-7,9-11,13-14,16H,4-5,8H2,1-3H3/t11-,13+,14-/m0/s1. The number of carbonyl (C=O) groups is 1. The van der Waals surface area contributed by atoms with Crippen molar-refractivity contribution in [2.45, 2.75) is 46.1 Å². The molecule has 0 aliphatic heterocycles. The van der Waals surface area contributed by atoms with E-state index >= 15 is 0 Å². The second kappa shape index (κ2) is 5.59. The van der Waals surface area contributed by atoms with Gasteiger partial charge in [-0.15, -0.1) is 0 Å². The fraction of sp³-hybridized carbons (Fsp3) is 0.667. The van der Waals surface area contributed by atoms with Crippen molar-refractivity contribution in [1.82, 2.24) is 4.98 Å². The molecule has 0 spiro atoms.